The summed E-state index contributed by atoms with van der Waals surface area (Å²) in [6.07, 6.45) is 1.08. The summed E-state index contributed by atoms with van der Waals surface area (Å²) in [5.74, 6) is 0. The van der Waals surface area contributed by atoms with E-state index in [9.17, 15) is 9.90 Å². The van der Waals surface area contributed by atoms with Crippen molar-refractivity contribution in [3.8, 4) is 0 Å². The predicted octanol–water partition coefficient (Wildman–Crippen LogP) is 1.66. The fourth-order valence-corrected chi connectivity index (χ4v) is 3.56. The molecule has 2 aliphatic rings. The van der Waals surface area contributed by atoms with Gasteiger partial charge < -0.3 is 25.0 Å². The lowest BCUT2D eigenvalue weighted by atomic mass is 9.84. The molecule has 1 unspecified atom stereocenters. The lowest BCUT2D eigenvalue weighted by Crippen LogP contribution is -2.52. The molecule has 0 aliphatic carbocycles. The third-order valence-corrected chi connectivity index (χ3v) is 5.33. The van der Waals surface area contributed by atoms with Crippen LogP contribution in [0.5, 0.6) is 0 Å². The number of likely N-dealkylation sites (tertiary alicyclic amines) is 1. The molecule has 2 amide bonds. The van der Waals surface area contributed by atoms with E-state index in [-0.39, 0.29) is 12.1 Å². The molecular formula is C18H26ClN3O3. The van der Waals surface area contributed by atoms with Crippen LogP contribution in [0.4, 0.5) is 4.79 Å². The number of hydrogen-bond acceptors (Lipinski definition) is 4. The van der Waals surface area contributed by atoms with E-state index in [2.05, 4.69) is 17.3 Å². The molecule has 0 bridgehead atoms. The summed E-state index contributed by atoms with van der Waals surface area (Å²) in [6.45, 7) is 4.03. The Morgan fingerprint density at radius 2 is 2.00 bits per heavy atom. The van der Waals surface area contributed by atoms with Crippen molar-refractivity contribution in [1.82, 2.24) is 15.1 Å². The molecule has 0 radical (unpaired) electrons. The number of halogens is 1. The molecule has 2 heterocycles. The number of likely N-dealkylation sites (N-methyl/N-ethyl adjacent to an activating group) is 1. The number of aliphatic hydroxyl groups is 1. The fraction of sp³-hybridized carbons (Fsp3) is 0.611. The number of amides is 2. The van der Waals surface area contributed by atoms with Gasteiger partial charge >= 0.3 is 6.03 Å². The first kappa shape index (κ1) is 18.5. The maximum absolute atomic E-state index is 12.4. The van der Waals surface area contributed by atoms with E-state index in [0.29, 0.717) is 44.1 Å². The van der Waals surface area contributed by atoms with Crippen LogP contribution in [0, 0.1) is 0 Å². The number of morpholine rings is 1. The highest BCUT2D eigenvalue weighted by Gasteiger charge is 2.35. The first-order valence-electron chi connectivity index (χ1n) is 8.78. The molecule has 25 heavy (non-hydrogen) atoms. The number of carbonyl (C=O) groups excluding carboxylic acids is 1. The van der Waals surface area contributed by atoms with E-state index in [1.807, 2.05) is 12.1 Å². The van der Waals surface area contributed by atoms with Gasteiger partial charge in [-0.25, -0.2) is 4.79 Å². The summed E-state index contributed by atoms with van der Waals surface area (Å²) in [5, 5.41) is 14.5. The van der Waals surface area contributed by atoms with E-state index in [1.165, 1.54) is 0 Å². The summed E-state index contributed by atoms with van der Waals surface area (Å²) in [4.78, 5) is 16.3. The van der Waals surface area contributed by atoms with Crippen molar-refractivity contribution < 1.29 is 14.6 Å². The zero-order valence-corrected chi connectivity index (χ0v) is 15.3. The van der Waals surface area contributed by atoms with Crippen molar-refractivity contribution in [2.24, 2.45) is 0 Å². The van der Waals surface area contributed by atoms with Crippen LogP contribution < -0.4 is 5.32 Å². The molecule has 1 atom stereocenters. The smallest absolute Gasteiger partial charge is 0.317 e. The first-order valence-corrected chi connectivity index (χ1v) is 9.15. The van der Waals surface area contributed by atoms with Crippen LogP contribution in [0.1, 0.15) is 18.4 Å². The SMILES string of the molecule is CN1CCOC(CNC(=O)N2CCC(O)(c3ccc(Cl)cc3)CC2)C1. The number of ether oxygens (including phenoxy) is 1. The average Bonchev–Trinajstić information content (AvgIpc) is 2.61. The Labute approximate surface area is 153 Å². The summed E-state index contributed by atoms with van der Waals surface area (Å²) in [6, 6.07) is 7.20. The molecular weight excluding hydrogens is 342 g/mol. The average molecular weight is 368 g/mol. The van der Waals surface area contributed by atoms with Gasteiger partial charge in [-0.15, -0.1) is 0 Å². The zero-order valence-electron chi connectivity index (χ0n) is 14.6. The number of piperidine rings is 1. The zero-order chi connectivity index (χ0) is 17.9. The Morgan fingerprint density at radius 1 is 1.32 bits per heavy atom. The van der Waals surface area contributed by atoms with Gasteiger partial charge in [0.25, 0.3) is 0 Å². The van der Waals surface area contributed by atoms with Gasteiger partial charge in [-0.05, 0) is 37.6 Å². The third-order valence-electron chi connectivity index (χ3n) is 5.08. The lowest BCUT2D eigenvalue weighted by Gasteiger charge is -2.39. The van der Waals surface area contributed by atoms with E-state index in [0.717, 1.165) is 18.7 Å². The lowest BCUT2D eigenvalue weighted by molar-refractivity contribution is -0.0229. The second-order valence-corrected chi connectivity index (χ2v) is 7.40. The van der Waals surface area contributed by atoms with E-state index in [1.54, 1.807) is 17.0 Å². The molecule has 2 N–H and O–H groups in total. The van der Waals surface area contributed by atoms with Crippen molar-refractivity contribution in [1.29, 1.82) is 0 Å². The largest absolute Gasteiger partial charge is 0.385 e. The minimum absolute atomic E-state index is 0.0403. The number of benzene rings is 1. The molecule has 3 rings (SSSR count). The Balaban J connectivity index is 1.48. The van der Waals surface area contributed by atoms with Crippen molar-refractivity contribution >= 4 is 17.6 Å². The van der Waals surface area contributed by atoms with Crippen LogP contribution >= 0.6 is 11.6 Å². The standard InChI is InChI=1S/C18H26ClN3O3/c1-21-10-11-25-16(13-21)12-20-17(23)22-8-6-18(24,7-9-22)14-2-4-15(19)5-3-14/h2-5,16,24H,6-13H2,1H3,(H,20,23). The molecule has 1 aromatic rings. The second-order valence-electron chi connectivity index (χ2n) is 6.97. The minimum Gasteiger partial charge on any atom is -0.385 e. The minimum atomic E-state index is -0.892. The van der Waals surface area contributed by atoms with Crippen molar-refractivity contribution in [3.05, 3.63) is 34.9 Å². The molecule has 2 saturated heterocycles. The van der Waals surface area contributed by atoms with Gasteiger partial charge in [0.05, 0.1) is 18.3 Å². The van der Waals surface area contributed by atoms with Gasteiger partial charge in [0.2, 0.25) is 0 Å². The Hall–Kier alpha value is -1.34. The third kappa shape index (κ3) is 4.64. The Bertz CT molecular complexity index is 588. The molecule has 0 spiro atoms. The summed E-state index contributed by atoms with van der Waals surface area (Å²) in [7, 11) is 2.06. The van der Waals surface area contributed by atoms with Crippen LogP contribution in [0.15, 0.2) is 24.3 Å². The Morgan fingerprint density at radius 3 is 2.64 bits per heavy atom. The van der Waals surface area contributed by atoms with Crippen molar-refractivity contribution in [3.63, 3.8) is 0 Å². The number of rotatable bonds is 3. The monoisotopic (exact) mass is 367 g/mol. The highest BCUT2D eigenvalue weighted by atomic mass is 35.5. The molecule has 138 valence electrons. The molecule has 2 fully saturated rings. The maximum Gasteiger partial charge on any atom is 0.317 e. The molecule has 1 aromatic carbocycles. The van der Waals surface area contributed by atoms with Crippen LogP contribution in [0.2, 0.25) is 5.02 Å². The highest BCUT2D eigenvalue weighted by Crippen LogP contribution is 2.33. The molecule has 0 saturated carbocycles. The number of hydrogen-bond donors (Lipinski definition) is 2. The molecule has 2 aliphatic heterocycles. The molecule has 6 nitrogen and oxygen atoms in total. The van der Waals surface area contributed by atoms with E-state index in [4.69, 9.17) is 16.3 Å². The van der Waals surface area contributed by atoms with Crippen LogP contribution in [-0.4, -0.2) is 73.4 Å². The predicted molar refractivity (Wildman–Crippen MR) is 96.8 cm³/mol. The normalized spacial score (nSPS) is 24.1. The second kappa shape index (κ2) is 7.91. The van der Waals surface area contributed by atoms with Crippen LogP contribution in [-0.2, 0) is 10.3 Å². The fourth-order valence-electron chi connectivity index (χ4n) is 3.43. The van der Waals surface area contributed by atoms with Gasteiger partial charge in [-0.3, -0.25) is 0 Å². The summed E-state index contributed by atoms with van der Waals surface area (Å²) >= 11 is 5.91. The Kier molecular flexibility index (Phi) is 5.84. The maximum atomic E-state index is 12.4. The first-order chi connectivity index (χ1) is 12.0. The van der Waals surface area contributed by atoms with Gasteiger partial charge in [0.1, 0.15) is 0 Å². The van der Waals surface area contributed by atoms with Gasteiger partial charge in [-0.2, -0.15) is 0 Å². The van der Waals surface area contributed by atoms with Gasteiger partial charge in [0, 0.05) is 37.7 Å². The van der Waals surface area contributed by atoms with Crippen molar-refractivity contribution in [2.45, 2.75) is 24.5 Å². The highest BCUT2D eigenvalue weighted by molar-refractivity contribution is 6.30. The van der Waals surface area contributed by atoms with E-state index >= 15 is 0 Å². The quantitative estimate of drug-likeness (QED) is 0.852. The topological polar surface area (TPSA) is 65.0 Å². The van der Waals surface area contributed by atoms with Gasteiger partial charge in [0.15, 0.2) is 0 Å². The number of nitrogens with one attached hydrogen (secondary N) is 1. The number of urea groups is 1. The van der Waals surface area contributed by atoms with Crippen LogP contribution in [0.3, 0.4) is 0 Å². The van der Waals surface area contributed by atoms with Crippen molar-refractivity contribution in [2.75, 3.05) is 46.4 Å². The number of carbonyl (C=O) groups is 1. The number of nitrogens with zero attached hydrogens (tertiary/aromatic N) is 2. The van der Waals surface area contributed by atoms with Gasteiger partial charge in [-0.1, -0.05) is 23.7 Å². The molecule has 0 aromatic heterocycles. The summed E-state index contributed by atoms with van der Waals surface area (Å²) < 4.78 is 5.66. The molecule has 7 heteroatoms. The summed E-state index contributed by atoms with van der Waals surface area (Å²) in [5.41, 5.74) is -0.0353. The van der Waals surface area contributed by atoms with Crippen LogP contribution in [0.25, 0.3) is 0 Å². The van der Waals surface area contributed by atoms with E-state index < -0.39 is 5.60 Å².